The molecule has 1 fully saturated rings. The monoisotopic (exact) mass is 145 g/mol. The van der Waals surface area contributed by atoms with Gasteiger partial charge in [0, 0.05) is 19.7 Å². The van der Waals surface area contributed by atoms with Crippen LogP contribution in [-0.2, 0) is 4.74 Å². The summed E-state index contributed by atoms with van der Waals surface area (Å²) in [5, 5.41) is 8.49. The molecule has 0 amide bonds. The standard InChI is InChI=1S/C7H15NO2/c9-5-2-1-3-8-4-6-10-7-8/h9H,1-7H2. The van der Waals surface area contributed by atoms with Crippen molar-refractivity contribution in [1.29, 1.82) is 0 Å². The Morgan fingerprint density at radius 3 is 2.90 bits per heavy atom. The van der Waals surface area contributed by atoms with Crippen LogP contribution in [0.1, 0.15) is 12.8 Å². The molecule has 0 aromatic heterocycles. The summed E-state index contributed by atoms with van der Waals surface area (Å²) in [6.07, 6.45) is 2.00. The van der Waals surface area contributed by atoms with E-state index in [4.69, 9.17) is 9.84 Å². The van der Waals surface area contributed by atoms with E-state index in [1.807, 2.05) is 0 Å². The molecule has 1 aliphatic rings. The molecule has 3 heteroatoms. The Morgan fingerprint density at radius 2 is 2.30 bits per heavy atom. The zero-order valence-electron chi connectivity index (χ0n) is 6.25. The molecule has 60 valence electrons. The van der Waals surface area contributed by atoms with Crippen LogP contribution in [0.15, 0.2) is 0 Å². The zero-order valence-corrected chi connectivity index (χ0v) is 6.25. The lowest BCUT2D eigenvalue weighted by Gasteiger charge is -2.10. The van der Waals surface area contributed by atoms with Gasteiger partial charge in [0.1, 0.15) is 0 Å². The summed E-state index contributed by atoms with van der Waals surface area (Å²) in [4.78, 5) is 2.26. The Morgan fingerprint density at radius 1 is 1.40 bits per heavy atom. The first-order valence-electron chi connectivity index (χ1n) is 3.84. The van der Waals surface area contributed by atoms with Crippen LogP contribution < -0.4 is 0 Å². The first-order chi connectivity index (χ1) is 4.93. The average molecular weight is 145 g/mol. The summed E-state index contributed by atoms with van der Waals surface area (Å²) in [5.74, 6) is 0. The molecular weight excluding hydrogens is 130 g/mol. The molecule has 0 bridgehead atoms. The topological polar surface area (TPSA) is 32.7 Å². The molecule has 1 rings (SSSR count). The van der Waals surface area contributed by atoms with E-state index in [2.05, 4.69) is 4.90 Å². The van der Waals surface area contributed by atoms with Crippen molar-refractivity contribution in [2.45, 2.75) is 12.8 Å². The Labute approximate surface area is 61.6 Å². The van der Waals surface area contributed by atoms with Gasteiger partial charge in [-0.3, -0.25) is 4.90 Å². The molecule has 0 spiro atoms. The highest BCUT2D eigenvalue weighted by Gasteiger charge is 2.09. The smallest absolute Gasteiger partial charge is 0.0991 e. The van der Waals surface area contributed by atoms with E-state index in [9.17, 15) is 0 Å². The van der Waals surface area contributed by atoms with E-state index < -0.39 is 0 Å². The summed E-state index contributed by atoms with van der Waals surface area (Å²) in [6.45, 7) is 4.10. The molecule has 0 atom stereocenters. The number of hydrogen-bond donors (Lipinski definition) is 1. The molecule has 0 aliphatic carbocycles. The number of rotatable bonds is 4. The van der Waals surface area contributed by atoms with Gasteiger partial charge in [-0.1, -0.05) is 0 Å². The predicted molar refractivity (Wildman–Crippen MR) is 38.7 cm³/mol. The second-order valence-electron chi connectivity index (χ2n) is 2.59. The van der Waals surface area contributed by atoms with Crippen molar-refractivity contribution in [3.63, 3.8) is 0 Å². The summed E-state index contributed by atoms with van der Waals surface area (Å²) in [6, 6.07) is 0. The van der Waals surface area contributed by atoms with Crippen molar-refractivity contribution in [2.75, 3.05) is 33.0 Å². The molecule has 1 N–H and O–H groups in total. The molecular formula is C7H15NO2. The van der Waals surface area contributed by atoms with Crippen LogP contribution in [0.4, 0.5) is 0 Å². The molecule has 3 nitrogen and oxygen atoms in total. The van der Waals surface area contributed by atoms with Gasteiger partial charge in [-0.2, -0.15) is 0 Å². The van der Waals surface area contributed by atoms with Crippen LogP contribution in [0.2, 0.25) is 0 Å². The Kier molecular flexibility index (Phi) is 3.72. The average Bonchev–Trinajstić information content (AvgIpc) is 2.41. The van der Waals surface area contributed by atoms with Crippen molar-refractivity contribution < 1.29 is 9.84 Å². The van der Waals surface area contributed by atoms with Crippen molar-refractivity contribution in [2.24, 2.45) is 0 Å². The van der Waals surface area contributed by atoms with Gasteiger partial charge in [0.15, 0.2) is 0 Å². The molecule has 1 aliphatic heterocycles. The predicted octanol–water partition coefficient (Wildman–Crippen LogP) is 0.0486. The molecule has 1 heterocycles. The van der Waals surface area contributed by atoms with E-state index in [-0.39, 0.29) is 0 Å². The fourth-order valence-corrected chi connectivity index (χ4v) is 1.08. The third-order valence-corrected chi connectivity index (χ3v) is 1.71. The van der Waals surface area contributed by atoms with E-state index in [1.165, 1.54) is 0 Å². The van der Waals surface area contributed by atoms with Gasteiger partial charge in [-0.15, -0.1) is 0 Å². The first kappa shape index (κ1) is 7.98. The lowest BCUT2D eigenvalue weighted by molar-refractivity contribution is 0.138. The highest BCUT2D eigenvalue weighted by molar-refractivity contribution is 4.57. The molecule has 0 saturated carbocycles. The maximum absolute atomic E-state index is 8.49. The third-order valence-electron chi connectivity index (χ3n) is 1.71. The second kappa shape index (κ2) is 4.66. The molecule has 0 unspecified atom stereocenters. The Hall–Kier alpha value is -0.120. The summed E-state index contributed by atoms with van der Waals surface area (Å²) in [7, 11) is 0. The van der Waals surface area contributed by atoms with Crippen LogP contribution in [0.25, 0.3) is 0 Å². The minimum absolute atomic E-state index is 0.314. The Bertz CT molecular complexity index is 81.7. The van der Waals surface area contributed by atoms with E-state index in [0.29, 0.717) is 6.61 Å². The van der Waals surface area contributed by atoms with Gasteiger partial charge in [-0.05, 0) is 12.8 Å². The third kappa shape index (κ3) is 2.64. The number of hydrogen-bond acceptors (Lipinski definition) is 3. The SMILES string of the molecule is OCCCCN1CCOC1. The van der Waals surface area contributed by atoms with Crippen LogP contribution in [0, 0.1) is 0 Å². The molecule has 1 saturated heterocycles. The van der Waals surface area contributed by atoms with E-state index in [0.717, 1.165) is 39.3 Å². The van der Waals surface area contributed by atoms with Crippen molar-refractivity contribution >= 4 is 0 Å². The van der Waals surface area contributed by atoms with Crippen LogP contribution in [0.5, 0.6) is 0 Å². The fourth-order valence-electron chi connectivity index (χ4n) is 1.08. The number of unbranched alkanes of at least 4 members (excludes halogenated alkanes) is 1. The normalized spacial score (nSPS) is 20.1. The first-order valence-corrected chi connectivity index (χ1v) is 3.84. The van der Waals surface area contributed by atoms with Gasteiger partial charge < -0.3 is 9.84 Å². The second-order valence-corrected chi connectivity index (χ2v) is 2.59. The number of aliphatic hydroxyl groups is 1. The number of aliphatic hydroxyl groups excluding tert-OH is 1. The van der Waals surface area contributed by atoms with E-state index >= 15 is 0 Å². The minimum atomic E-state index is 0.314. The lowest BCUT2D eigenvalue weighted by Crippen LogP contribution is -2.21. The largest absolute Gasteiger partial charge is 0.396 e. The van der Waals surface area contributed by atoms with Crippen molar-refractivity contribution in [3.8, 4) is 0 Å². The van der Waals surface area contributed by atoms with Gasteiger partial charge in [0.05, 0.1) is 13.3 Å². The van der Waals surface area contributed by atoms with Gasteiger partial charge in [0.25, 0.3) is 0 Å². The maximum Gasteiger partial charge on any atom is 0.0991 e. The molecule has 0 aromatic carbocycles. The number of nitrogens with zero attached hydrogens (tertiary/aromatic N) is 1. The zero-order chi connectivity index (χ0) is 7.23. The highest BCUT2D eigenvalue weighted by atomic mass is 16.5. The molecule has 0 radical (unpaired) electrons. The number of ether oxygens (including phenoxy) is 1. The maximum atomic E-state index is 8.49. The lowest BCUT2D eigenvalue weighted by atomic mass is 10.3. The molecule has 0 aromatic rings. The van der Waals surface area contributed by atoms with Gasteiger partial charge in [0.2, 0.25) is 0 Å². The quantitative estimate of drug-likeness (QED) is 0.567. The summed E-state index contributed by atoms with van der Waals surface area (Å²) in [5.41, 5.74) is 0. The van der Waals surface area contributed by atoms with Crippen LogP contribution in [0.3, 0.4) is 0 Å². The van der Waals surface area contributed by atoms with Gasteiger partial charge >= 0.3 is 0 Å². The highest BCUT2D eigenvalue weighted by Crippen LogP contribution is 2.00. The van der Waals surface area contributed by atoms with Crippen LogP contribution in [-0.4, -0.2) is 43.0 Å². The van der Waals surface area contributed by atoms with E-state index in [1.54, 1.807) is 0 Å². The van der Waals surface area contributed by atoms with Crippen molar-refractivity contribution in [1.82, 2.24) is 4.90 Å². The van der Waals surface area contributed by atoms with Gasteiger partial charge in [-0.25, -0.2) is 0 Å². The Balaban J connectivity index is 1.91. The fraction of sp³-hybridized carbons (Fsp3) is 1.00. The summed E-state index contributed by atoms with van der Waals surface area (Å²) < 4.78 is 5.15. The minimum Gasteiger partial charge on any atom is -0.396 e. The van der Waals surface area contributed by atoms with Crippen LogP contribution >= 0.6 is 0 Å². The molecule has 10 heavy (non-hydrogen) atoms. The van der Waals surface area contributed by atoms with Crippen molar-refractivity contribution in [3.05, 3.63) is 0 Å². The summed E-state index contributed by atoms with van der Waals surface area (Å²) >= 11 is 0.